The fourth-order valence-electron chi connectivity index (χ4n) is 4.45. The number of rotatable bonds is 3. The van der Waals surface area contributed by atoms with Crippen LogP contribution in [0.1, 0.15) is 39.0 Å². The number of nitrogens with zero attached hydrogens (tertiary/aromatic N) is 2. The van der Waals surface area contributed by atoms with Gasteiger partial charge in [-0.3, -0.25) is 14.5 Å². The Labute approximate surface area is 126 Å². The molecule has 3 fully saturated rings. The van der Waals surface area contributed by atoms with Crippen molar-refractivity contribution < 1.29 is 14.7 Å². The van der Waals surface area contributed by atoms with E-state index in [-0.39, 0.29) is 11.8 Å². The zero-order valence-electron chi connectivity index (χ0n) is 12.8. The summed E-state index contributed by atoms with van der Waals surface area (Å²) in [5.41, 5.74) is 0. The van der Waals surface area contributed by atoms with E-state index < -0.39 is 11.9 Å². The number of fused-ring (bicyclic) bond motifs is 1. The van der Waals surface area contributed by atoms with Crippen molar-refractivity contribution >= 4 is 11.9 Å². The molecule has 1 aliphatic carbocycles. The lowest BCUT2D eigenvalue weighted by Gasteiger charge is -2.39. The average Bonchev–Trinajstić information content (AvgIpc) is 3.11. The monoisotopic (exact) mass is 294 g/mol. The molecule has 5 heteroatoms. The van der Waals surface area contributed by atoms with E-state index in [0.717, 1.165) is 39.0 Å². The summed E-state index contributed by atoms with van der Waals surface area (Å²) in [6.07, 6.45) is 4.81. The molecule has 1 N–H and O–H groups in total. The molecule has 1 saturated carbocycles. The van der Waals surface area contributed by atoms with E-state index in [1.54, 1.807) is 0 Å². The normalized spacial score (nSPS) is 36.7. The molecular weight excluding hydrogens is 268 g/mol. The second-order valence-corrected chi connectivity index (χ2v) is 6.91. The predicted octanol–water partition coefficient (Wildman–Crippen LogP) is 1.43. The maximum Gasteiger partial charge on any atom is 0.307 e. The van der Waals surface area contributed by atoms with Gasteiger partial charge in [0.1, 0.15) is 0 Å². The van der Waals surface area contributed by atoms with Gasteiger partial charge in [0.2, 0.25) is 5.91 Å². The smallest absolute Gasteiger partial charge is 0.307 e. The van der Waals surface area contributed by atoms with Crippen molar-refractivity contribution in [2.24, 2.45) is 17.8 Å². The zero-order chi connectivity index (χ0) is 15.0. The number of aliphatic carboxylic acids is 1. The number of carboxylic acids is 1. The van der Waals surface area contributed by atoms with E-state index in [1.807, 2.05) is 4.90 Å². The molecule has 2 heterocycles. The van der Waals surface area contributed by atoms with Gasteiger partial charge >= 0.3 is 5.97 Å². The summed E-state index contributed by atoms with van der Waals surface area (Å²) < 4.78 is 0. The number of piperazine rings is 1. The largest absolute Gasteiger partial charge is 0.481 e. The Bertz CT molecular complexity index is 426. The number of amides is 1. The quantitative estimate of drug-likeness (QED) is 0.855. The lowest BCUT2D eigenvalue weighted by molar-refractivity contribution is -0.150. The highest BCUT2D eigenvalue weighted by Gasteiger charge is 2.45. The highest BCUT2D eigenvalue weighted by molar-refractivity contribution is 5.85. The van der Waals surface area contributed by atoms with Gasteiger partial charge in [0.15, 0.2) is 0 Å². The van der Waals surface area contributed by atoms with Gasteiger partial charge in [-0.2, -0.15) is 0 Å². The van der Waals surface area contributed by atoms with E-state index in [9.17, 15) is 14.7 Å². The Morgan fingerprint density at radius 1 is 1.14 bits per heavy atom. The van der Waals surface area contributed by atoms with Crippen LogP contribution in [0.4, 0.5) is 0 Å². The molecule has 3 rings (SSSR count). The SMILES string of the molecule is CCC1CC(C(=O)O)C(C(=O)N2CCN3CCCC3C2)C1. The molecule has 3 aliphatic rings. The van der Waals surface area contributed by atoms with Crippen LogP contribution in [0.2, 0.25) is 0 Å². The van der Waals surface area contributed by atoms with Crippen molar-refractivity contribution in [1.82, 2.24) is 9.80 Å². The van der Waals surface area contributed by atoms with Gasteiger partial charge in [-0.25, -0.2) is 0 Å². The summed E-state index contributed by atoms with van der Waals surface area (Å²) in [5.74, 6) is -1.05. The van der Waals surface area contributed by atoms with Crippen LogP contribution in [0.5, 0.6) is 0 Å². The van der Waals surface area contributed by atoms with Gasteiger partial charge in [0.05, 0.1) is 11.8 Å². The number of carbonyl (C=O) groups excluding carboxylic acids is 1. The molecule has 5 nitrogen and oxygen atoms in total. The van der Waals surface area contributed by atoms with Gasteiger partial charge < -0.3 is 10.0 Å². The van der Waals surface area contributed by atoms with E-state index in [0.29, 0.717) is 18.4 Å². The maximum absolute atomic E-state index is 12.8. The van der Waals surface area contributed by atoms with E-state index >= 15 is 0 Å². The Balaban J connectivity index is 1.67. The molecule has 4 unspecified atom stereocenters. The van der Waals surface area contributed by atoms with Crippen molar-refractivity contribution in [2.45, 2.75) is 45.1 Å². The fourth-order valence-corrected chi connectivity index (χ4v) is 4.45. The van der Waals surface area contributed by atoms with E-state index in [2.05, 4.69) is 11.8 Å². The van der Waals surface area contributed by atoms with E-state index in [1.165, 1.54) is 12.8 Å². The first-order chi connectivity index (χ1) is 10.1. The Morgan fingerprint density at radius 3 is 2.62 bits per heavy atom. The van der Waals surface area contributed by atoms with Crippen molar-refractivity contribution in [3.63, 3.8) is 0 Å². The maximum atomic E-state index is 12.8. The minimum Gasteiger partial charge on any atom is -0.481 e. The second-order valence-electron chi connectivity index (χ2n) is 6.91. The zero-order valence-corrected chi connectivity index (χ0v) is 12.8. The summed E-state index contributed by atoms with van der Waals surface area (Å²) in [6.45, 7) is 5.78. The summed E-state index contributed by atoms with van der Waals surface area (Å²) in [4.78, 5) is 28.7. The predicted molar refractivity (Wildman–Crippen MR) is 78.8 cm³/mol. The average molecular weight is 294 g/mol. The number of carbonyl (C=O) groups is 2. The molecule has 4 atom stereocenters. The first kappa shape index (κ1) is 14.8. The van der Waals surface area contributed by atoms with Crippen LogP contribution in [-0.4, -0.2) is 59.0 Å². The minimum absolute atomic E-state index is 0.102. The van der Waals surface area contributed by atoms with Gasteiger partial charge in [-0.15, -0.1) is 0 Å². The van der Waals surface area contributed by atoms with Crippen LogP contribution in [0.25, 0.3) is 0 Å². The second kappa shape index (κ2) is 5.95. The molecule has 0 aromatic heterocycles. The molecule has 118 valence electrons. The van der Waals surface area contributed by atoms with Crippen LogP contribution in [0.15, 0.2) is 0 Å². The number of hydrogen-bond donors (Lipinski definition) is 1. The lowest BCUT2D eigenvalue weighted by Crippen LogP contribution is -2.54. The first-order valence-corrected chi connectivity index (χ1v) is 8.35. The van der Waals surface area contributed by atoms with Crippen LogP contribution in [0, 0.1) is 17.8 Å². The van der Waals surface area contributed by atoms with Crippen LogP contribution in [0.3, 0.4) is 0 Å². The lowest BCUT2D eigenvalue weighted by atomic mass is 9.94. The molecule has 21 heavy (non-hydrogen) atoms. The number of hydrogen-bond acceptors (Lipinski definition) is 3. The van der Waals surface area contributed by atoms with Gasteiger partial charge in [0, 0.05) is 25.7 Å². The molecule has 0 spiro atoms. The van der Waals surface area contributed by atoms with Crippen molar-refractivity contribution in [3.8, 4) is 0 Å². The molecule has 0 aromatic carbocycles. The molecule has 2 aliphatic heterocycles. The number of carboxylic acid groups (broad SMARTS) is 1. The van der Waals surface area contributed by atoms with E-state index in [4.69, 9.17) is 0 Å². The summed E-state index contributed by atoms with van der Waals surface area (Å²) in [6, 6.07) is 0.509. The Morgan fingerprint density at radius 2 is 1.90 bits per heavy atom. The van der Waals surface area contributed by atoms with Crippen LogP contribution in [-0.2, 0) is 9.59 Å². The molecule has 0 radical (unpaired) electrons. The van der Waals surface area contributed by atoms with Crippen molar-refractivity contribution in [2.75, 3.05) is 26.2 Å². The van der Waals surface area contributed by atoms with Crippen LogP contribution < -0.4 is 0 Å². The summed E-state index contributed by atoms with van der Waals surface area (Å²) in [5, 5.41) is 9.42. The highest BCUT2D eigenvalue weighted by atomic mass is 16.4. The highest BCUT2D eigenvalue weighted by Crippen LogP contribution is 2.39. The topological polar surface area (TPSA) is 60.9 Å². The van der Waals surface area contributed by atoms with Crippen LogP contribution >= 0.6 is 0 Å². The third kappa shape index (κ3) is 2.80. The Kier molecular flexibility index (Phi) is 4.20. The first-order valence-electron chi connectivity index (χ1n) is 8.35. The van der Waals surface area contributed by atoms with Crippen molar-refractivity contribution in [1.29, 1.82) is 0 Å². The summed E-state index contributed by atoms with van der Waals surface area (Å²) in [7, 11) is 0. The third-order valence-electron chi connectivity index (χ3n) is 5.77. The summed E-state index contributed by atoms with van der Waals surface area (Å²) >= 11 is 0. The fraction of sp³-hybridized carbons (Fsp3) is 0.875. The minimum atomic E-state index is -0.788. The van der Waals surface area contributed by atoms with Gasteiger partial charge in [-0.1, -0.05) is 13.3 Å². The Hall–Kier alpha value is -1.10. The van der Waals surface area contributed by atoms with Crippen molar-refractivity contribution in [3.05, 3.63) is 0 Å². The molecule has 0 bridgehead atoms. The third-order valence-corrected chi connectivity index (χ3v) is 5.77. The molecule has 1 amide bonds. The molecule has 2 saturated heterocycles. The van der Waals surface area contributed by atoms with Gasteiger partial charge in [-0.05, 0) is 38.1 Å². The molecular formula is C16H26N2O3. The molecule has 0 aromatic rings. The standard InChI is InChI=1S/C16H26N2O3/c1-2-11-8-13(14(9-11)16(20)21)15(19)18-7-6-17-5-3-4-12(17)10-18/h11-14H,2-10H2,1H3,(H,20,21). The van der Waals surface area contributed by atoms with Gasteiger partial charge in [0.25, 0.3) is 0 Å².